The van der Waals surface area contributed by atoms with Crippen LogP contribution in [0.15, 0.2) is 24.3 Å². The summed E-state index contributed by atoms with van der Waals surface area (Å²) < 4.78 is 0. The van der Waals surface area contributed by atoms with E-state index in [0.717, 1.165) is 22.3 Å². The highest BCUT2D eigenvalue weighted by atomic mass is 16.3. The molecule has 0 spiro atoms. The van der Waals surface area contributed by atoms with Crippen molar-refractivity contribution in [3.63, 3.8) is 0 Å². The zero-order valence-corrected chi connectivity index (χ0v) is 12.8. The summed E-state index contributed by atoms with van der Waals surface area (Å²) in [4.78, 5) is 12.1. The summed E-state index contributed by atoms with van der Waals surface area (Å²) in [6.45, 7) is 4.02. The minimum absolute atomic E-state index is 0.179. The van der Waals surface area contributed by atoms with Crippen LogP contribution < -0.4 is 5.73 Å². The smallest absolute Gasteiger partial charge is 0.187 e. The minimum Gasteiger partial charge on any atom is -0.508 e. The predicted molar refractivity (Wildman–Crippen MR) is 89.1 cm³/mol. The molecule has 0 unspecified atom stereocenters. The predicted octanol–water partition coefficient (Wildman–Crippen LogP) is 2.91. The number of nitrogen functional groups attached to an aromatic ring is 1. The highest BCUT2D eigenvalue weighted by molar-refractivity contribution is 5.99. The highest BCUT2D eigenvalue weighted by Gasteiger charge is 2.17. The maximum Gasteiger partial charge on any atom is 0.187 e. The minimum atomic E-state index is 0.179. The number of hydrogen-bond acceptors (Lipinski definition) is 5. The molecule has 3 heterocycles. The van der Waals surface area contributed by atoms with E-state index in [-0.39, 0.29) is 11.7 Å². The Morgan fingerprint density at radius 1 is 1.17 bits per heavy atom. The third-order valence-corrected chi connectivity index (χ3v) is 3.85. The fourth-order valence-electron chi connectivity index (χ4n) is 2.67. The standard InChI is InChI=1S/C16H16N6O/c1-7(2)15-19-14(17)12-13(21-22-16(12)20-15)11-5-8-3-4-9(23)6-10(8)18-11/h3-7,18,23H,1-2H3,(H3,17,19,20,21,22). The quantitative estimate of drug-likeness (QED) is 0.454. The number of phenolic OH excluding ortho intramolecular Hbond substituents is 1. The molecule has 0 aliphatic carbocycles. The molecular formula is C16H16N6O. The van der Waals surface area contributed by atoms with Gasteiger partial charge in [0.25, 0.3) is 0 Å². The van der Waals surface area contributed by atoms with Crippen molar-refractivity contribution >= 4 is 27.8 Å². The number of rotatable bonds is 2. The van der Waals surface area contributed by atoms with E-state index in [1.165, 1.54) is 0 Å². The number of anilines is 1. The molecule has 0 atom stereocenters. The number of phenols is 1. The van der Waals surface area contributed by atoms with Gasteiger partial charge < -0.3 is 15.8 Å². The Morgan fingerprint density at radius 3 is 2.78 bits per heavy atom. The van der Waals surface area contributed by atoms with Crippen LogP contribution in [0.2, 0.25) is 0 Å². The normalized spacial score (nSPS) is 11.8. The summed E-state index contributed by atoms with van der Waals surface area (Å²) in [7, 11) is 0. The lowest BCUT2D eigenvalue weighted by atomic mass is 10.2. The Labute approximate surface area is 131 Å². The van der Waals surface area contributed by atoms with E-state index in [4.69, 9.17) is 5.73 Å². The van der Waals surface area contributed by atoms with Crippen LogP contribution in [-0.4, -0.2) is 30.3 Å². The monoisotopic (exact) mass is 308 g/mol. The molecule has 4 rings (SSSR count). The number of benzene rings is 1. The summed E-state index contributed by atoms with van der Waals surface area (Å²) in [5, 5.41) is 18.5. The topological polar surface area (TPSA) is 116 Å². The van der Waals surface area contributed by atoms with E-state index in [1.54, 1.807) is 12.1 Å². The first-order valence-corrected chi connectivity index (χ1v) is 7.36. The van der Waals surface area contributed by atoms with Gasteiger partial charge in [-0.3, -0.25) is 5.10 Å². The Hall–Kier alpha value is -3.09. The molecule has 0 fully saturated rings. The Kier molecular flexibility index (Phi) is 2.77. The van der Waals surface area contributed by atoms with Gasteiger partial charge in [-0.2, -0.15) is 5.10 Å². The van der Waals surface area contributed by atoms with Gasteiger partial charge in [0.2, 0.25) is 0 Å². The third kappa shape index (κ3) is 2.09. The first-order chi connectivity index (χ1) is 11.0. The maximum atomic E-state index is 9.59. The van der Waals surface area contributed by atoms with E-state index in [1.807, 2.05) is 26.0 Å². The Bertz CT molecular complexity index is 1030. The van der Waals surface area contributed by atoms with Gasteiger partial charge in [0.15, 0.2) is 5.65 Å². The van der Waals surface area contributed by atoms with Crippen molar-refractivity contribution in [1.29, 1.82) is 0 Å². The molecule has 0 saturated carbocycles. The van der Waals surface area contributed by atoms with Crippen LogP contribution in [0, 0.1) is 0 Å². The average molecular weight is 308 g/mol. The molecule has 0 amide bonds. The number of fused-ring (bicyclic) bond motifs is 2. The summed E-state index contributed by atoms with van der Waals surface area (Å²) >= 11 is 0. The molecule has 4 aromatic rings. The number of H-pyrrole nitrogens is 2. The van der Waals surface area contributed by atoms with Gasteiger partial charge in [-0.15, -0.1) is 0 Å². The number of aromatic hydroxyl groups is 1. The number of nitrogens with one attached hydrogen (secondary N) is 2. The number of nitrogens with zero attached hydrogens (tertiary/aromatic N) is 3. The lowest BCUT2D eigenvalue weighted by molar-refractivity contribution is 0.476. The summed E-state index contributed by atoms with van der Waals surface area (Å²) in [6, 6.07) is 7.14. The number of nitrogens with two attached hydrogens (primary N) is 1. The van der Waals surface area contributed by atoms with Crippen LogP contribution in [0.4, 0.5) is 5.82 Å². The molecule has 3 aromatic heterocycles. The first kappa shape index (κ1) is 13.6. The van der Waals surface area contributed by atoms with Crippen LogP contribution in [-0.2, 0) is 0 Å². The van der Waals surface area contributed by atoms with Crippen LogP contribution in [0.3, 0.4) is 0 Å². The van der Waals surface area contributed by atoms with Crippen LogP contribution >= 0.6 is 0 Å². The Balaban J connectivity index is 1.94. The summed E-state index contributed by atoms with van der Waals surface area (Å²) in [5.41, 5.74) is 9.08. The van der Waals surface area contributed by atoms with Gasteiger partial charge >= 0.3 is 0 Å². The van der Waals surface area contributed by atoms with Crippen LogP contribution in [0.5, 0.6) is 5.75 Å². The van der Waals surface area contributed by atoms with Crippen molar-refractivity contribution in [2.24, 2.45) is 0 Å². The molecule has 0 saturated heterocycles. The van der Waals surface area contributed by atoms with Crippen molar-refractivity contribution in [2.45, 2.75) is 19.8 Å². The van der Waals surface area contributed by atoms with E-state index in [9.17, 15) is 5.11 Å². The number of aromatic amines is 2. The second-order valence-electron chi connectivity index (χ2n) is 5.87. The molecule has 116 valence electrons. The van der Waals surface area contributed by atoms with Crippen molar-refractivity contribution in [1.82, 2.24) is 25.1 Å². The lowest BCUT2D eigenvalue weighted by Gasteiger charge is -2.05. The van der Waals surface area contributed by atoms with E-state index >= 15 is 0 Å². The first-order valence-electron chi connectivity index (χ1n) is 7.36. The molecule has 7 nitrogen and oxygen atoms in total. The fourth-order valence-corrected chi connectivity index (χ4v) is 2.67. The molecular weight excluding hydrogens is 292 g/mol. The van der Waals surface area contributed by atoms with Crippen molar-refractivity contribution in [2.75, 3.05) is 5.73 Å². The summed E-state index contributed by atoms with van der Waals surface area (Å²) in [5.74, 6) is 1.47. The molecule has 1 aromatic carbocycles. The van der Waals surface area contributed by atoms with Gasteiger partial charge in [-0.05, 0) is 18.2 Å². The van der Waals surface area contributed by atoms with Gasteiger partial charge in [0.05, 0.1) is 16.8 Å². The Morgan fingerprint density at radius 2 is 2.00 bits per heavy atom. The molecule has 7 heteroatoms. The molecule has 0 radical (unpaired) electrons. The van der Waals surface area contributed by atoms with Gasteiger partial charge in [0, 0.05) is 22.9 Å². The zero-order valence-electron chi connectivity index (χ0n) is 12.8. The van der Waals surface area contributed by atoms with Gasteiger partial charge in [0.1, 0.15) is 17.4 Å². The SMILES string of the molecule is CC(C)c1nc(N)c2c(-c3cc4ccc(O)cc4[nH]3)[nH]nc2n1. The highest BCUT2D eigenvalue weighted by Crippen LogP contribution is 2.32. The number of hydrogen-bond donors (Lipinski definition) is 4. The zero-order chi connectivity index (χ0) is 16.1. The van der Waals surface area contributed by atoms with Gasteiger partial charge in [-0.1, -0.05) is 13.8 Å². The second-order valence-corrected chi connectivity index (χ2v) is 5.87. The molecule has 0 aliphatic rings. The van der Waals surface area contributed by atoms with Crippen molar-refractivity contribution < 1.29 is 5.11 Å². The summed E-state index contributed by atoms with van der Waals surface area (Å²) in [6.07, 6.45) is 0. The van der Waals surface area contributed by atoms with Gasteiger partial charge in [-0.25, -0.2) is 9.97 Å². The second kappa shape index (κ2) is 4.70. The van der Waals surface area contributed by atoms with Crippen molar-refractivity contribution in [3.05, 3.63) is 30.1 Å². The van der Waals surface area contributed by atoms with Crippen molar-refractivity contribution in [3.8, 4) is 17.1 Å². The molecule has 0 aliphatic heterocycles. The average Bonchev–Trinajstić information content (AvgIpc) is 3.09. The molecule has 0 bridgehead atoms. The number of aromatic nitrogens is 5. The largest absolute Gasteiger partial charge is 0.508 e. The van der Waals surface area contributed by atoms with E-state index in [0.29, 0.717) is 22.7 Å². The van der Waals surface area contributed by atoms with E-state index < -0.39 is 0 Å². The fraction of sp³-hybridized carbons (Fsp3) is 0.188. The lowest BCUT2D eigenvalue weighted by Crippen LogP contribution is -2.02. The molecule has 23 heavy (non-hydrogen) atoms. The maximum absolute atomic E-state index is 9.59. The van der Waals surface area contributed by atoms with E-state index in [2.05, 4.69) is 25.1 Å². The van der Waals surface area contributed by atoms with Crippen LogP contribution in [0.1, 0.15) is 25.6 Å². The van der Waals surface area contributed by atoms with Crippen LogP contribution in [0.25, 0.3) is 33.3 Å². The third-order valence-electron chi connectivity index (χ3n) is 3.85. The molecule has 5 N–H and O–H groups in total.